The van der Waals surface area contributed by atoms with Crippen LogP contribution in [0.4, 0.5) is 0 Å². The number of fused-ring (bicyclic) bond motifs is 1. The first kappa shape index (κ1) is 18.0. The molecule has 6 heteroatoms. The van der Waals surface area contributed by atoms with Gasteiger partial charge in [-0.05, 0) is 69.0 Å². The van der Waals surface area contributed by atoms with E-state index >= 15 is 0 Å². The zero-order valence-electron chi connectivity index (χ0n) is 15.8. The van der Waals surface area contributed by atoms with E-state index in [1.54, 1.807) is 7.11 Å². The largest absolute Gasteiger partial charge is 0.497 e. The normalized spacial score (nSPS) is 22.9. The van der Waals surface area contributed by atoms with Gasteiger partial charge in [-0.1, -0.05) is 11.6 Å². The summed E-state index contributed by atoms with van der Waals surface area (Å²) < 4.78 is 10.5. The summed E-state index contributed by atoms with van der Waals surface area (Å²) >= 11 is 0. The SMILES string of the molecule is COc1ccc(-c2oncc2C(=O)NC[C@H]2CCCN3CCCC[C@H]23)cc1. The number of hydrogen-bond donors (Lipinski definition) is 1. The Kier molecular flexibility index (Phi) is 5.43. The summed E-state index contributed by atoms with van der Waals surface area (Å²) in [6, 6.07) is 8.06. The Hall–Kier alpha value is -2.34. The number of carbonyl (C=O) groups excluding carboxylic acids is 1. The molecular formula is C21H27N3O3. The molecule has 1 aromatic heterocycles. The van der Waals surface area contributed by atoms with Crippen molar-refractivity contribution in [1.29, 1.82) is 0 Å². The summed E-state index contributed by atoms with van der Waals surface area (Å²) in [4.78, 5) is 15.4. The highest BCUT2D eigenvalue weighted by Crippen LogP contribution is 2.31. The number of amides is 1. The van der Waals surface area contributed by atoms with Crippen molar-refractivity contribution in [3.63, 3.8) is 0 Å². The summed E-state index contributed by atoms with van der Waals surface area (Å²) in [5.74, 6) is 1.68. The molecule has 1 N–H and O–H groups in total. The van der Waals surface area contributed by atoms with Crippen molar-refractivity contribution in [1.82, 2.24) is 15.4 Å². The van der Waals surface area contributed by atoms with Gasteiger partial charge in [0.05, 0.1) is 13.3 Å². The fourth-order valence-corrected chi connectivity index (χ4v) is 4.49. The van der Waals surface area contributed by atoms with Crippen LogP contribution in [0.15, 0.2) is 35.0 Å². The molecule has 2 atom stereocenters. The maximum atomic E-state index is 12.8. The van der Waals surface area contributed by atoms with E-state index in [4.69, 9.17) is 9.26 Å². The van der Waals surface area contributed by atoms with Crippen molar-refractivity contribution in [2.45, 2.75) is 38.1 Å². The van der Waals surface area contributed by atoms with Gasteiger partial charge < -0.3 is 19.5 Å². The molecule has 6 nitrogen and oxygen atoms in total. The maximum absolute atomic E-state index is 12.8. The molecule has 0 aliphatic carbocycles. The third kappa shape index (κ3) is 3.86. The fraction of sp³-hybridized carbons (Fsp3) is 0.524. The van der Waals surface area contributed by atoms with Crippen molar-refractivity contribution >= 4 is 5.91 Å². The number of methoxy groups -OCH3 is 1. The number of aromatic nitrogens is 1. The van der Waals surface area contributed by atoms with Crippen molar-refractivity contribution in [2.24, 2.45) is 5.92 Å². The van der Waals surface area contributed by atoms with E-state index in [0.717, 1.165) is 11.3 Å². The average molecular weight is 369 g/mol. The lowest BCUT2D eigenvalue weighted by atomic mass is 9.83. The van der Waals surface area contributed by atoms with Crippen LogP contribution in [0.2, 0.25) is 0 Å². The number of rotatable bonds is 5. The molecule has 0 unspecified atom stereocenters. The molecule has 2 saturated heterocycles. The minimum Gasteiger partial charge on any atom is -0.497 e. The predicted molar refractivity (Wildman–Crippen MR) is 103 cm³/mol. The highest BCUT2D eigenvalue weighted by Gasteiger charge is 2.33. The molecule has 2 fully saturated rings. The number of ether oxygens (including phenoxy) is 1. The lowest BCUT2D eigenvalue weighted by molar-refractivity contribution is 0.0575. The molecule has 2 aliphatic rings. The van der Waals surface area contributed by atoms with Gasteiger partial charge in [0.15, 0.2) is 5.76 Å². The number of hydrogen-bond acceptors (Lipinski definition) is 5. The molecule has 3 heterocycles. The van der Waals surface area contributed by atoms with Crippen molar-refractivity contribution in [3.05, 3.63) is 36.0 Å². The molecule has 144 valence electrons. The smallest absolute Gasteiger partial charge is 0.256 e. The first-order chi connectivity index (χ1) is 13.3. The second-order valence-corrected chi connectivity index (χ2v) is 7.51. The number of benzene rings is 1. The van der Waals surface area contributed by atoms with Gasteiger partial charge in [0.25, 0.3) is 5.91 Å². The van der Waals surface area contributed by atoms with E-state index < -0.39 is 0 Å². The Balaban J connectivity index is 1.42. The molecule has 4 rings (SSSR count). The Labute approximate surface area is 159 Å². The zero-order chi connectivity index (χ0) is 18.6. The lowest BCUT2D eigenvalue weighted by Crippen LogP contribution is -2.51. The van der Waals surface area contributed by atoms with Gasteiger partial charge in [-0.25, -0.2) is 0 Å². The minimum atomic E-state index is -0.116. The molecule has 1 amide bonds. The molecule has 2 aliphatic heterocycles. The van der Waals surface area contributed by atoms with Gasteiger partial charge in [-0.2, -0.15) is 0 Å². The molecule has 0 spiro atoms. The van der Waals surface area contributed by atoms with Gasteiger partial charge >= 0.3 is 0 Å². The topological polar surface area (TPSA) is 67.6 Å². The maximum Gasteiger partial charge on any atom is 0.256 e. The second-order valence-electron chi connectivity index (χ2n) is 7.51. The highest BCUT2D eigenvalue weighted by molar-refractivity contribution is 5.99. The third-order valence-electron chi connectivity index (χ3n) is 5.92. The molecule has 0 radical (unpaired) electrons. The van der Waals surface area contributed by atoms with E-state index in [2.05, 4.69) is 15.4 Å². The molecule has 1 aromatic carbocycles. The summed E-state index contributed by atoms with van der Waals surface area (Å²) in [6.07, 6.45) is 7.78. The van der Waals surface area contributed by atoms with Crippen molar-refractivity contribution in [2.75, 3.05) is 26.7 Å². The zero-order valence-corrected chi connectivity index (χ0v) is 15.8. The predicted octanol–water partition coefficient (Wildman–Crippen LogP) is 3.34. The van der Waals surface area contributed by atoms with Crippen molar-refractivity contribution in [3.8, 4) is 17.1 Å². The summed E-state index contributed by atoms with van der Waals surface area (Å²) in [6.45, 7) is 3.14. The van der Waals surface area contributed by atoms with Gasteiger partial charge in [-0.15, -0.1) is 0 Å². The van der Waals surface area contributed by atoms with Gasteiger partial charge in [0.2, 0.25) is 0 Å². The van der Waals surface area contributed by atoms with E-state index in [1.807, 2.05) is 24.3 Å². The standard InChI is InChI=1S/C21H27N3O3/c1-26-17-9-7-15(8-10-17)20-18(14-23-27-20)21(25)22-13-16-5-4-12-24-11-3-2-6-19(16)24/h7-10,14,16,19H,2-6,11-13H2,1H3,(H,22,25)/t16-,19-/m1/s1. The number of nitrogens with one attached hydrogen (secondary N) is 1. The van der Waals surface area contributed by atoms with Gasteiger partial charge in [0.1, 0.15) is 11.3 Å². The van der Waals surface area contributed by atoms with Crippen LogP contribution in [0, 0.1) is 5.92 Å². The Morgan fingerprint density at radius 1 is 1.22 bits per heavy atom. The third-order valence-corrected chi connectivity index (χ3v) is 5.92. The monoisotopic (exact) mass is 369 g/mol. The Morgan fingerprint density at radius 2 is 2.04 bits per heavy atom. The van der Waals surface area contributed by atoms with Crippen LogP contribution in [-0.2, 0) is 0 Å². The second kappa shape index (κ2) is 8.13. The quantitative estimate of drug-likeness (QED) is 0.875. The first-order valence-electron chi connectivity index (χ1n) is 9.87. The summed E-state index contributed by atoms with van der Waals surface area (Å²) in [7, 11) is 1.63. The van der Waals surface area contributed by atoms with Crippen LogP contribution in [0.25, 0.3) is 11.3 Å². The number of piperidine rings is 2. The van der Waals surface area contributed by atoms with Crippen LogP contribution in [0.1, 0.15) is 42.5 Å². The summed E-state index contributed by atoms with van der Waals surface area (Å²) in [5, 5.41) is 6.98. The van der Waals surface area contributed by atoms with E-state index in [-0.39, 0.29) is 5.91 Å². The minimum absolute atomic E-state index is 0.116. The first-order valence-corrected chi connectivity index (χ1v) is 9.87. The molecule has 27 heavy (non-hydrogen) atoms. The van der Waals surface area contributed by atoms with Gasteiger partial charge in [-0.3, -0.25) is 4.79 Å². The Morgan fingerprint density at radius 3 is 2.85 bits per heavy atom. The summed E-state index contributed by atoms with van der Waals surface area (Å²) in [5.41, 5.74) is 1.30. The van der Waals surface area contributed by atoms with Crippen LogP contribution >= 0.6 is 0 Å². The lowest BCUT2D eigenvalue weighted by Gasteiger charge is -2.44. The van der Waals surface area contributed by atoms with Crippen LogP contribution in [-0.4, -0.2) is 48.7 Å². The van der Waals surface area contributed by atoms with Crippen LogP contribution < -0.4 is 10.1 Å². The fourth-order valence-electron chi connectivity index (χ4n) is 4.49. The Bertz CT molecular complexity index is 769. The molecule has 0 bridgehead atoms. The number of nitrogens with zero attached hydrogens (tertiary/aromatic N) is 2. The van der Waals surface area contributed by atoms with E-state index in [1.165, 1.54) is 51.4 Å². The van der Waals surface area contributed by atoms with E-state index in [0.29, 0.717) is 29.8 Å². The van der Waals surface area contributed by atoms with Crippen LogP contribution in [0.5, 0.6) is 5.75 Å². The van der Waals surface area contributed by atoms with Crippen LogP contribution in [0.3, 0.4) is 0 Å². The van der Waals surface area contributed by atoms with Gasteiger partial charge in [0, 0.05) is 18.2 Å². The van der Waals surface area contributed by atoms with Crippen molar-refractivity contribution < 1.29 is 14.1 Å². The average Bonchev–Trinajstić information content (AvgIpc) is 3.22. The molecular weight excluding hydrogens is 342 g/mol. The number of carbonyl (C=O) groups is 1. The molecule has 0 saturated carbocycles. The molecule has 2 aromatic rings. The van der Waals surface area contributed by atoms with E-state index in [9.17, 15) is 4.79 Å². The highest BCUT2D eigenvalue weighted by atomic mass is 16.5.